The standard InChI is InChI=1S/C20H27N3O2S/c1-3-17-7-9-18(10-8-17)16-22(2)20-12-11-19(15-21-20)26(24,25)23-13-5-4-6-14-23/h7-12,15H,3-6,13-14,16H2,1-2H3. The van der Waals surface area contributed by atoms with Gasteiger partial charge >= 0.3 is 0 Å². The van der Waals surface area contributed by atoms with Crippen LogP contribution in [0, 0.1) is 0 Å². The number of benzene rings is 1. The number of hydrogen-bond acceptors (Lipinski definition) is 4. The van der Waals surface area contributed by atoms with Crippen molar-refractivity contribution in [2.45, 2.75) is 44.0 Å². The fourth-order valence-corrected chi connectivity index (χ4v) is 4.70. The van der Waals surface area contributed by atoms with Crippen LogP contribution in [0.25, 0.3) is 0 Å². The zero-order valence-electron chi connectivity index (χ0n) is 15.6. The Balaban J connectivity index is 1.69. The monoisotopic (exact) mass is 373 g/mol. The normalized spacial score (nSPS) is 15.8. The minimum absolute atomic E-state index is 0.281. The summed E-state index contributed by atoms with van der Waals surface area (Å²) < 4.78 is 27.0. The third-order valence-electron chi connectivity index (χ3n) is 4.92. The third-order valence-corrected chi connectivity index (χ3v) is 6.80. The van der Waals surface area contributed by atoms with Crippen molar-refractivity contribution in [1.82, 2.24) is 9.29 Å². The Morgan fingerprint density at radius 3 is 2.23 bits per heavy atom. The van der Waals surface area contributed by atoms with E-state index in [-0.39, 0.29) is 4.90 Å². The molecule has 5 nitrogen and oxygen atoms in total. The number of sulfonamides is 1. The molecule has 6 heteroatoms. The molecule has 140 valence electrons. The molecule has 1 fully saturated rings. The van der Waals surface area contributed by atoms with Crippen LogP contribution < -0.4 is 4.90 Å². The average molecular weight is 374 g/mol. The minimum Gasteiger partial charge on any atom is -0.355 e. The number of piperidine rings is 1. The molecule has 0 bridgehead atoms. The minimum atomic E-state index is -3.42. The topological polar surface area (TPSA) is 53.5 Å². The molecule has 1 saturated heterocycles. The van der Waals surface area contributed by atoms with E-state index in [2.05, 4.69) is 36.2 Å². The summed E-state index contributed by atoms with van der Waals surface area (Å²) in [5, 5.41) is 0. The van der Waals surface area contributed by atoms with Crippen molar-refractivity contribution in [3.8, 4) is 0 Å². The Morgan fingerprint density at radius 1 is 1.00 bits per heavy atom. The van der Waals surface area contributed by atoms with E-state index in [1.54, 1.807) is 16.4 Å². The summed E-state index contributed by atoms with van der Waals surface area (Å²) in [6.45, 7) is 4.09. The van der Waals surface area contributed by atoms with Gasteiger partial charge in [-0.2, -0.15) is 4.31 Å². The second-order valence-corrected chi connectivity index (χ2v) is 8.78. The maximum atomic E-state index is 12.7. The maximum Gasteiger partial charge on any atom is 0.244 e. The number of aryl methyl sites for hydroxylation is 1. The smallest absolute Gasteiger partial charge is 0.244 e. The lowest BCUT2D eigenvalue weighted by Crippen LogP contribution is -2.35. The quantitative estimate of drug-likeness (QED) is 0.778. The maximum absolute atomic E-state index is 12.7. The number of rotatable bonds is 6. The first-order valence-electron chi connectivity index (χ1n) is 9.26. The van der Waals surface area contributed by atoms with E-state index in [0.29, 0.717) is 13.1 Å². The summed E-state index contributed by atoms with van der Waals surface area (Å²) in [7, 11) is -1.45. The number of hydrogen-bond donors (Lipinski definition) is 0. The Hall–Kier alpha value is -1.92. The van der Waals surface area contributed by atoms with Crippen molar-refractivity contribution >= 4 is 15.8 Å². The molecule has 0 unspecified atom stereocenters. The highest BCUT2D eigenvalue weighted by Crippen LogP contribution is 2.22. The van der Waals surface area contributed by atoms with Crippen molar-refractivity contribution < 1.29 is 8.42 Å². The van der Waals surface area contributed by atoms with Gasteiger partial charge in [-0.25, -0.2) is 13.4 Å². The largest absolute Gasteiger partial charge is 0.355 e. The van der Waals surface area contributed by atoms with Crippen LogP contribution in [0.2, 0.25) is 0 Å². The summed E-state index contributed by atoms with van der Waals surface area (Å²) >= 11 is 0. The van der Waals surface area contributed by atoms with E-state index in [4.69, 9.17) is 0 Å². The molecular formula is C20H27N3O2S. The van der Waals surface area contributed by atoms with Gasteiger partial charge in [0.1, 0.15) is 10.7 Å². The Morgan fingerprint density at radius 2 is 1.65 bits per heavy atom. The number of nitrogens with zero attached hydrogens (tertiary/aromatic N) is 3. The van der Waals surface area contributed by atoms with E-state index in [9.17, 15) is 8.42 Å². The van der Waals surface area contributed by atoms with Crippen molar-refractivity contribution in [1.29, 1.82) is 0 Å². The molecule has 0 amide bonds. The molecule has 0 radical (unpaired) electrons. The molecule has 1 aliphatic rings. The van der Waals surface area contributed by atoms with Gasteiger partial charge in [-0.1, -0.05) is 37.6 Å². The van der Waals surface area contributed by atoms with Gasteiger partial charge in [0.25, 0.3) is 0 Å². The van der Waals surface area contributed by atoms with Gasteiger partial charge in [0.15, 0.2) is 0 Å². The van der Waals surface area contributed by atoms with Gasteiger partial charge in [0.2, 0.25) is 10.0 Å². The number of aromatic nitrogens is 1. The summed E-state index contributed by atoms with van der Waals surface area (Å²) in [5.74, 6) is 0.766. The van der Waals surface area contributed by atoms with Crippen LogP contribution in [0.4, 0.5) is 5.82 Å². The fraction of sp³-hybridized carbons (Fsp3) is 0.450. The fourth-order valence-electron chi connectivity index (χ4n) is 3.24. The Labute approximate surface area is 156 Å². The molecule has 0 aliphatic carbocycles. The zero-order chi connectivity index (χ0) is 18.6. The van der Waals surface area contributed by atoms with E-state index < -0.39 is 10.0 Å². The second kappa shape index (κ2) is 8.18. The lowest BCUT2D eigenvalue weighted by molar-refractivity contribution is 0.346. The molecule has 2 aromatic rings. The van der Waals surface area contributed by atoms with Crippen LogP contribution in [0.3, 0.4) is 0 Å². The third kappa shape index (κ3) is 4.24. The predicted octanol–water partition coefficient (Wildman–Crippen LogP) is 3.46. The Kier molecular flexibility index (Phi) is 5.94. The van der Waals surface area contributed by atoms with Crippen molar-refractivity contribution in [3.63, 3.8) is 0 Å². The van der Waals surface area contributed by atoms with Crippen LogP contribution in [0.1, 0.15) is 37.3 Å². The molecule has 1 aromatic heterocycles. The highest BCUT2D eigenvalue weighted by Gasteiger charge is 2.26. The van der Waals surface area contributed by atoms with Crippen LogP contribution in [0.5, 0.6) is 0 Å². The molecule has 0 saturated carbocycles. The van der Waals surface area contributed by atoms with Gasteiger partial charge in [-0.15, -0.1) is 0 Å². The molecule has 0 N–H and O–H groups in total. The first kappa shape index (κ1) is 18.9. The first-order valence-corrected chi connectivity index (χ1v) is 10.7. The Bertz CT molecular complexity index is 811. The number of anilines is 1. The molecule has 0 spiro atoms. The molecule has 2 heterocycles. The first-order chi connectivity index (χ1) is 12.5. The van der Waals surface area contributed by atoms with Crippen LogP contribution >= 0.6 is 0 Å². The van der Waals surface area contributed by atoms with Crippen molar-refractivity contribution in [2.75, 3.05) is 25.0 Å². The lowest BCUT2D eigenvalue weighted by Gasteiger charge is -2.26. The number of pyridine rings is 1. The average Bonchev–Trinajstić information content (AvgIpc) is 2.69. The predicted molar refractivity (Wildman–Crippen MR) is 105 cm³/mol. The van der Waals surface area contributed by atoms with E-state index in [1.807, 2.05) is 11.9 Å². The van der Waals surface area contributed by atoms with Gasteiger partial charge < -0.3 is 4.90 Å². The summed E-state index contributed by atoms with van der Waals surface area (Å²) in [6.07, 6.45) is 5.49. The summed E-state index contributed by atoms with van der Waals surface area (Å²) in [4.78, 5) is 6.70. The van der Waals surface area contributed by atoms with Gasteiger partial charge in [-0.3, -0.25) is 0 Å². The highest BCUT2D eigenvalue weighted by molar-refractivity contribution is 7.89. The lowest BCUT2D eigenvalue weighted by atomic mass is 10.1. The molecular weight excluding hydrogens is 346 g/mol. The van der Waals surface area contributed by atoms with Gasteiger partial charge in [0.05, 0.1) is 0 Å². The van der Waals surface area contributed by atoms with E-state index >= 15 is 0 Å². The van der Waals surface area contributed by atoms with Gasteiger partial charge in [-0.05, 0) is 42.5 Å². The van der Waals surface area contributed by atoms with Crippen molar-refractivity contribution in [3.05, 3.63) is 53.7 Å². The molecule has 0 atom stereocenters. The van der Waals surface area contributed by atoms with E-state index in [1.165, 1.54) is 17.3 Å². The molecule has 26 heavy (non-hydrogen) atoms. The molecule has 1 aromatic carbocycles. The van der Waals surface area contributed by atoms with Gasteiger partial charge in [0, 0.05) is 32.9 Å². The highest BCUT2D eigenvalue weighted by atomic mass is 32.2. The van der Waals surface area contributed by atoms with Crippen molar-refractivity contribution in [2.24, 2.45) is 0 Å². The summed E-state index contributed by atoms with van der Waals surface area (Å²) in [5.41, 5.74) is 2.53. The van der Waals surface area contributed by atoms with Crippen LogP contribution in [-0.4, -0.2) is 37.8 Å². The van der Waals surface area contributed by atoms with Crippen LogP contribution in [-0.2, 0) is 23.0 Å². The molecule has 1 aliphatic heterocycles. The SMILES string of the molecule is CCc1ccc(CN(C)c2ccc(S(=O)(=O)N3CCCCC3)cn2)cc1. The second-order valence-electron chi connectivity index (χ2n) is 6.84. The van der Waals surface area contributed by atoms with E-state index in [0.717, 1.165) is 38.0 Å². The molecule has 3 rings (SSSR count). The van der Waals surface area contributed by atoms with Crippen LogP contribution in [0.15, 0.2) is 47.5 Å². The zero-order valence-corrected chi connectivity index (χ0v) is 16.4. The summed E-state index contributed by atoms with van der Waals surface area (Å²) in [6, 6.07) is 12.0.